The van der Waals surface area contributed by atoms with Crippen LogP contribution in [0.5, 0.6) is 0 Å². The van der Waals surface area contributed by atoms with Crippen molar-refractivity contribution in [3.63, 3.8) is 0 Å². The van der Waals surface area contributed by atoms with E-state index in [1.54, 1.807) is 0 Å². The smallest absolute Gasteiger partial charge is 0.220 e. The second kappa shape index (κ2) is 12.0. The molecule has 0 aromatic heterocycles. The molecule has 0 spiro atoms. The molecule has 0 bridgehead atoms. The lowest BCUT2D eigenvalue weighted by Crippen LogP contribution is -2.29. The minimum absolute atomic E-state index is 0.0493. The van der Waals surface area contributed by atoms with Crippen LogP contribution in [-0.4, -0.2) is 37.6 Å². The van der Waals surface area contributed by atoms with Gasteiger partial charge >= 0.3 is 0 Å². The predicted octanol–water partition coefficient (Wildman–Crippen LogP) is 1.61. The van der Waals surface area contributed by atoms with Crippen molar-refractivity contribution in [2.45, 2.75) is 59.0 Å². The number of ether oxygens (including phenoxy) is 1. The fourth-order valence-electron chi connectivity index (χ4n) is 1.43. The van der Waals surface area contributed by atoms with E-state index in [0.717, 1.165) is 19.3 Å². The van der Waals surface area contributed by atoms with Gasteiger partial charge in [-0.15, -0.1) is 0 Å². The van der Waals surface area contributed by atoms with Gasteiger partial charge in [0.15, 0.2) is 0 Å². The Labute approximate surface area is 116 Å². The molecule has 0 fully saturated rings. The molecule has 0 saturated heterocycles. The molecule has 0 rings (SSSR count). The first-order valence-corrected chi connectivity index (χ1v) is 7.21. The Morgan fingerprint density at radius 3 is 2.00 bits per heavy atom. The van der Waals surface area contributed by atoms with E-state index in [0.29, 0.717) is 19.7 Å². The zero-order valence-electron chi connectivity index (χ0n) is 12.5. The highest BCUT2D eigenvalue weighted by atomic mass is 16.5. The third-order valence-corrected chi connectivity index (χ3v) is 2.53. The van der Waals surface area contributed by atoms with Crippen molar-refractivity contribution in [3.05, 3.63) is 0 Å². The molecule has 0 heterocycles. The third kappa shape index (κ3) is 13.1. The molecular weight excluding hydrogens is 244 g/mol. The van der Waals surface area contributed by atoms with Gasteiger partial charge in [0, 0.05) is 32.5 Å². The summed E-state index contributed by atoms with van der Waals surface area (Å²) in [6, 6.07) is 0. The molecule has 0 aliphatic heterocycles. The first-order chi connectivity index (χ1) is 9.06. The van der Waals surface area contributed by atoms with Gasteiger partial charge in [-0.3, -0.25) is 9.59 Å². The first kappa shape index (κ1) is 17.9. The van der Waals surface area contributed by atoms with Crippen LogP contribution in [0.3, 0.4) is 0 Å². The van der Waals surface area contributed by atoms with Crippen molar-refractivity contribution >= 4 is 11.8 Å². The summed E-state index contributed by atoms with van der Waals surface area (Å²) in [6.07, 6.45) is 3.57. The summed E-state index contributed by atoms with van der Waals surface area (Å²) in [5.41, 5.74) is 0. The summed E-state index contributed by atoms with van der Waals surface area (Å²) in [4.78, 5) is 22.8. The first-order valence-electron chi connectivity index (χ1n) is 7.21. The highest BCUT2D eigenvalue weighted by Crippen LogP contribution is 1.92. The highest BCUT2D eigenvalue weighted by Gasteiger charge is 2.05. The van der Waals surface area contributed by atoms with E-state index < -0.39 is 0 Å². The molecule has 0 atom stereocenters. The molecule has 112 valence electrons. The second-order valence-corrected chi connectivity index (χ2v) is 4.83. The van der Waals surface area contributed by atoms with Gasteiger partial charge in [-0.2, -0.15) is 0 Å². The van der Waals surface area contributed by atoms with Crippen LogP contribution in [0, 0.1) is 0 Å². The summed E-state index contributed by atoms with van der Waals surface area (Å²) in [5.74, 6) is -0.123. The van der Waals surface area contributed by atoms with E-state index in [-0.39, 0.29) is 30.8 Å². The number of hydrogen-bond acceptors (Lipinski definition) is 3. The summed E-state index contributed by atoms with van der Waals surface area (Å²) in [5, 5.41) is 5.57. The number of carbonyl (C=O) groups excluding carboxylic acids is 2. The van der Waals surface area contributed by atoms with Crippen LogP contribution in [0.4, 0.5) is 0 Å². The van der Waals surface area contributed by atoms with Crippen molar-refractivity contribution in [2.24, 2.45) is 0 Å². The van der Waals surface area contributed by atoms with Gasteiger partial charge in [0.2, 0.25) is 11.8 Å². The maximum absolute atomic E-state index is 11.4. The molecule has 5 heteroatoms. The summed E-state index contributed by atoms with van der Waals surface area (Å²) in [7, 11) is 0. The SMILES string of the molecule is CCCCNC(=O)CCC(=O)NCCCOC(C)C. The minimum atomic E-state index is -0.0739. The van der Waals surface area contributed by atoms with E-state index in [9.17, 15) is 9.59 Å². The molecular formula is C14H28N2O3. The van der Waals surface area contributed by atoms with Gasteiger partial charge in [0.25, 0.3) is 0 Å². The fraction of sp³-hybridized carbons (Fsp3) is 0.857. The Balaban J connectivity index is 3.41. The zero-order chi connectivity index (χ0) is 14.5. The maximum atomic E-state index is 11.4. The molecule has 0 aliphatic carbocycles. The second-order valence-electron chi connectivity index (χ2n) is 4.83. The average molecular weight is 272 g/mol. The Morgan fingerprint density at radius 1 is 1.00 bits per heavy atom. The molecule has 0 aromatic carbocycles. The van der Waals surface area contributed by atoms with Crippen LogP contribution in [-0.2, 0) is 14.3 Å². The monoisotopic (exact) mass is 272 g/mol. The number of rotatable bonds is 11. The Morgan fingerprint density at radius 2 is 1.53 bits per heavy atom. The van der Waals surface area contributed by atoms with Crippen molar-refractivity contribution in [3.8, 4) is 0 Å². The lowest BCUT2D eigenvalue weighted by atomic mass is 10.2. The molecule has 0 saturated carbocycles. The predicted molar refractivity (Wildman–Crippen MR) is 75.9 cm³/mol. The normalized spacial score (nSPS) is 10.5. The minimum Gasteiger partial charge on any atom is -0.379 e. The number of carbonyl (C=O) groups is 2. The van der Waals surface area contributed by atoms with E-state index >= 15 is 0 Å². The van der Waals surface area contributed by atoms with E-state index in [2.05, 4.69) is 17.6 Å². The lowest BCUT2D eigenvalue weighted by Gasteiger charge is -2.08. The third-order valence-electron chi connectivity index (χ3n) is 2.53. The van der Waals surface area contributed by atoms with E-state index in [1.165, 1.54) is 0 Å². The van der Waals surface area contributed by atoms with Crippen LogP contribution in [0.2, 0.25) is 0 Å². The van der Waals surface area contributed by atoms with Gasteiger partial charge in [0.1, 0.15) is 0 Å². The Kier molecular flexibility index (Phi) is 11.3. The van der Waals surface area contributed by atoms with Crippen LogP contribution in [0.25, 0.3) is 0 Å². The van der Waals surface area contributed by atoms with Crippen LogP contribution < -0.4 is 10.6 Å². The molecule has 19 heavy (non-hydrogen) atoms. The van der Waals surface area contributed by atoms with E-state index in [4.69, 9.17) is 4.74 Å². The largest absolute Gasteiger partial charge is 0.379 e. The van der Waals surface area contributed by atoms with Gasteiger partial charge in [-0.05, 0) is 26.7 Å². The topological polar surface area (TPSA) is 67.4 Å². The quantitative estimate of drug-likeness (QED) is 0.562. The molecule has 2 N–H and O–H groups in total. The summed E-state index contributed by atoms with van der Waals surface area (Å²) in [6.45, 7) is 7.98. The zero-order valence-corrected chi connectivity index (χ0v) is 12.5. The molecule has 0 aliphatic rings. The average Bonchev–Trinajstić information content (AvgIpc) is 2.36. The summed E-state index contributed by atoms with van der Waals surface area (Å²) >= 11 is 0. The van der Waals surface area contributed by atoms with Gasteiger partial charge in [-0.25, -0.2) is 0 Å². The van der Waals surface area contributed by atoms with Crippen molar-refractivity contribution < 1.29 is 14.3 Å². The number of unbranched alkanes of at least 4 members (excludes halogenated alkanes) is 1. The van der Waals surface area contributed by atoms with Gasteiger partial charge in [-0.1, -0.05) is 13.3 Å². The maximum Gasteiger partial charge on any atom is 0.220 e. The molecule has 0 radical (unpaired) electrons. The summed E-state index contributed by atoms with van der Waals surface area (Å²) < 4.78 is 5.36. The Bertz CT molecular complexity index is 255. The fourth-order valence-corrected chi connectivity index (χ4v) is 1.43. The Hall–Kier alpha value is -1.10. The molecule has 0 aromatic rings. The number of nitrogens with one attached hydrogen (secondary N) is 2. The van der Waals surface area contributed by atoms with Gasteiger partial charge in [0.05, 0.1) is 6.10 Å². The van der Waals surface area contributed by atoms with Crippen molar-refractivity contribution in [1.82, 2.24) is 10.6 Å². The van der Waals surface area contributed by atoms with Crippen molar-refractivity contribution in [1.29, 1.82) is 0 Å². The standard InChI is InChI=1S/C14H28N2O3/c1-4-5-9-15-13(17)7-8-14(18)16-10-6-11-19-12(2)3/h12H,4-11H2,1-3H3,(H,15,17)(H,16,18). The van der Waals surface area contributed by atoms with Crippen LogP contribution in [0.1, 0.15) is 52.9 Å². The van der Waals surface area contributed by atoms with Crippen LogP contribution >= 0.6 is 0 Å². The number of hydrogen-bond donors (Lipinski definition) is 2. The van der Waals surface area contributed by atoms with E-state index in [1.807, 2.05) is 13.8 Å². The lowest BCUT2D eigenvalue weighted by molar-refractivity contribution is -0.126. The number of amides is 2. The van der Waals surface area contributed by atoms with Crippen molar-refractivity contribution in [2.75, 3.05) is 19.7 Å². The highest BCUT2D eigenvalue weighted by molar-refractivity contribution is 5.83. The molecule has 2 amide bonds. The molecule has 0 unspecified atom stereocenters. The van der Waals surface area contributed by atoms with Gasteiger partial charge < -0.3 is 15.4 Å². The molecule has 5 nitrogen and oxygen atoms in total. The van der Waals surface area contributed by atoms with Crippen LogP contribution in [0.15, 0.2) is 0 Å².